The summed E-state index contributed by atoms with van der Waals surface area (Å²) in [5.74, 6) is 0. The molecule has 1 aromatic carbocycles. The number of benzene rings is 1. The highest BCUT2D eigenvalue weighted by Gasteiger charge is 2.28. The van der Waals surface area contributed by atoms with Crippen LogP contribution >= 0.6 is 22.6 Å². The molecular formula is C13H19IN2O2S. The zero-order valence-corrected chi connectivity index (χ0v) is 14.2. The van der Waals surface area contributed by atoms with Gasteiger partial charge in [-0.3, -0.25) is 4.90 Å². The number of hydrogen-bond acceptors (Lipinski definition) is 3. The average molecular weight is 394 g/mol. The normalized spacial score (nSPS) is 22.6. The molecule has 1 saturated heterocycles. The molecule has 1 aliphatic rings. The molecule has 0 radical (unpaired) electrons. The maximum absolute atomic E-state index is 11.5. The van der Waals surface area contributed by atoms with Crippen LogP contribution in [0.1, 0.15) is 12.5 Å². The first kappa shape index (κ1) is 15.2. The Balaban J connectivity index is 1.99. The van der Waals surface area contributed by atoms with Crippen molar-refractivity contribution in [1.82, 2.24) is 9.21 Å². The lowest BCUT2D eigenvalue weighted by Crippen LogP contribution is -2.52. The van der Waals surface area contributed by atoms with Gasteiger partial charge in [0.1, 0.15) is 0 Å². The predicted molar refractivity (Wildman–Crippen MR) is 85.4 cm³/mol. The molecule has 0 N–H and O–H groups in total. The highest BCUT2D eigenvalue weighted by molar-refractivity contribution is 14.1. The number of nitrogens with zero attached hydrogens (tertiary/aromatic N) is 2. The van der Waals surface area contributed by atoms with E-state index in [1.165, 1.54) is 15.4 Å². The zero-order valence-electron chi connectivity index (χ0n) is 11.2. The number of sulfonamides is 1. The molecule has 0 amide bonds. The number of rotatable bonds is 3. The third-order valence-electron chi connectivity index (χ3n) is 3.50. The molecule has 2 rings (SSSR count). The molecule has 0 spiro atoms. The lowest BCUT2D eigenvalue weighted by Gasteiger charge is -2.38. The van der Waals surface area contributed by atoms with Gasteiger partial charge in [0.05, 0.1) is 6.26 Å². The lowest BCUT2D eigenvalue weighted by atomic mass is 10.1. The summed E-state index contributed by atoms with van der Waals surface area (Å²) >= 11 is 2.30. The SMILES string of the molecule is C[C@H]1CN(S(C)(=O)=O)CCN1Cc1ccc(I)cc1. The molecule has 0 unspecified atom stereocenters. The van der Waals surface area contributed by atoms with Crippen molar-refractivity contribution in [2.75, 3.05) is 25.9 Å². The maximum Gasteiger partial charge on any atom is 0.211 e. The first-order chi connectivity index (χ1) is 8.86. The van der Waals surface area contributed by atoms with E-state index >= 15 is 0 Å². The third kappa shape index (κ3) is 4.14. The van der Waals surface area contributed by atoms with Gasteiger partial charge in [-0.25, -0.2) is 8.42 Å². The summed E-state index contributed by atoms with van der Waals surface area (Å²) < 4.78 is 25.9. The molecule has 1 heterocycles. The van der Waals surface area contributed by atoms with Gasteiger partial charge >= 0.3 is 0 Å². The monoisotopic (exact) mass is 394 g/mol. The quantitative estimate of drug-likeness (QED) is 0.734. The highest BCUT2D eigenvalue weighted by Crippen LogP contribution is 2.16. The highest BCUT2D eigenvalue weighted by atomic mass is 127. The van der Waals surface area contributed by atoms with Crippen LogP contribution in [0.15, 0.2) is 24.3 Å². The van der Waals surface area contributed by atoms with E-state index in [9.17, 15) is 8.42 Å². The van der Waals surface area contributed by atoms with Gasteiger partial charge < -0.3 is 0 Å². The van der Waals surface area contributed by atoms with Crippen molar-refractivity contribution in [3.05, 3.63) is 33.4 Å². The molecule has 4 nitrogen and oxygen atoms in total. The van der Waals surface area contributed by atoms with Gasteiger partial charge in [0, 0.05) is 35.8 Å². The molecular weight excluding hydrogens is 375 g/mol. The van der Waals surface area contributed by atoms with Crippen LogP contribution in [0.4, 0.5) is 0 Å². The van der Waals surface area contributed by atoms with Crippen molar-refractivity contribution in [3.63, 3.8) is 0 Å². The summed E-state index contributed by atoms with van der Waals surface area (Å²) in [4.78, 5) is 2.34. The minimum absolute atomic E-state index is 0.253. The molecule has 0 aromatic heterocycles. The van der Waals surface area contributed by atoms with E-state index in [1.807, 2.05) is 0 Å². The van der Waals surface area contributed by atoms with Crippen molar-refractivity contribution < 1.29 is 8.42 Å². The number of halogens is 1. The molecule has 1 aromatic rings. The van der Waals surface area contributed by atoms with Gasteiger partial charge in [-0.05, 0) is 47.2 Å². The molecule has 0 bridgehead atoms. The van der Waals surface area contributed by atoms with Gasteiger partial charge in [0.15, 0.2) is 0 Å². The van der Waals surface area contributed by atoms with Crippen molar-refractivity contribution in [3.8, 4) is 0 Å². The van der Waals surface area contributed by atoms with E-state index in [-0.39, 0.29) is 6.04 Å². The van der Waals surface area contributed by atoms with Crippen LogP contribution in [0.3, 0.4) is 0 Å². The Morgan fingerprint density at radius 1 is 1.26 bits per heavy atom. The van der Waals surface area contributed by atoms with Crippen LogP contribution in [0.2, 0.25) is 0 Å². The van der Waals surface area contributed by atoms with Crippen LogP contribution in [-0.4, -0.2) is 49.6 Å². The van der Waals surface area contributed by atoms with E-state index in [2.05, 4.69) is 58.7 Å². The van der Waals surface area contributed by atoms with Gasteiger partial charge in [-0.2, -0.15) is 4.31 Å². The first-order valence-electron chi connectivity index (χ1n) is 6.30. The smallest absolute Gasteiger partial charge is 0.211 e. The molecule has 1 atom stereocenters. The van der Waals surface area contributed by atoms with Gasteiger partial charge in [0.2, 0.25) is 10.0 Å². The summed E-state index contributed by atoms with van der Waals surface area (Å²) in [6.07, 6.45) is 1.29. The van der Waals surface area contributed by atoms with E-state index in [0.29, 0.717) is 13.1 Å². The molecule has 0 aliphatic carbocycles. The Morgan fingerprint density at radius 2 is 1.89 bits per heavy atom. The molecule has 19 heavy (non-hydrogen) atoms. The summed E-state index contributed by atoms with van der Waals surface area (Å²) in [5.41, 5.74) is 1.28. The van der Waals surface area contributed by atoms with E-state index in [0.717, 1.165) is 13.1 Å². The fourth-order valence-electron chi connectivity index (χ4n) is 2.32. The van der Waals surface area contributed by atoms with Crippen LogP contribution in [-0.2, 0) is 16.6 Å². The van der Waals surface area contributed by atoms with E-state index < -0.39 is 10.0 Å². The van der Waals surface area contributed by atoms with Gasteiger partial charge in [-0.15, -0.1) is 0 Å². The van der Waals surface area contributed by atoms with Gasteiger partial charge in [0.25, 0.3) is 0 Å². The second kappa shape index (κ2) is 6.07. The predicted octanol–water partition coefficient (Wildman–Crippen LogP) is 1.76. The molecule has 1 fully saturated rings. The van der Waals surface area contributed by atoms with Crippen molar-refractivity contribution >= 4 is 32.6 Å². The third-order valence-corrected chi connectivity index (χ3v) is 5.48. The standard InChI is InChI=1S/C13H19IN2O2S/c1-11-9-16(19(2,17)18)8-7-15(11)10-12-3-5-13(14)6-4-12/h3-6,11H,7-10H2,1-2H3/t11-/m0/s1. The fraction of sp³-hybridized carbons (Fsp3) is 0.538. The Morgan fingerprint density at radius 3 is 2.42 bits per heavy atom. The van der Waals surface area contributed by atoms with Crippen molar-refractivity contribution in [2.45, 2.75) is 19.5 Å². The molecule has 0 saturated carbocycles. The van der Waals surface area contributed by atoms with Crippen LogP contribution in [0, 0.1) is 3.57 Å². The topological polar surface area (TPSA) is 40.6 Å². The summed E-state index contributed by atoms with van der Waals surface area (Å²) in [7, 11) is -3.06. The fourth-order valence-corrected chi connectivity index (χ4v) is 3.58. The van der Waals surface area contributed by atoms with E-state index in [4.69, 9.17) is 0 Å². The lowest BCUT2D eigenvalue weighted by molar-refractivity contribution is 0.122. The Kier molecular flexibility index (Phi) is 4.86. The molecule has 106 valence electrons. The van der Waals surface area contributed by atoms with Crippen LogP contribution in [0.25, 0.3) is 0 Å². The summed E-state index contributed by atoms with van der Waals surface area (Å²) in [5, 5.41) is 0. The minimum Gasteiger partial charge on any atom is -0.294 e. The number of hydrogen-bond donors (Lipinski definition) is 0. The zero-order chi connectivity index (χ0) is 14.0. The minimum atomic E-state index is -3.06. The van der Waals surface area contributed by atoms with Gasteiger partial charge in [-0.1, -0.05) is 12.1 Å². The maximum atomic E-state index is 11.5. The second-order valence-corrected chi connectivity index (χ2v) is 8.30. The van der Waals surface area contributed by atoms with Crippen molar-refractivity contribution in [1.29, 1.82) is 0 Å². The Hall–Kier alpha value is -0.180. The number of piperazine rings is 1. The first-order valence-corrected chi connectivity index (χ1v) is 9.22. The van der Waals surface area contributed by atoms with Crippen molar-refractivity contribution in [2.24, 2.45) is 0 Å². The van der Waals surface area contributed by atoms with E-state index in [1.54, 1.807) is 4.31 Å². The molecule has 1 aliphatic heterocycles. The second-order valence-electron chi connectivity index (χ2n) is 5.07. The Labute approximate surface area is 129 Å². The summed E-state index contributed by atoms with van der Waals surface area (Å²) in [6.45, 7) is 4.94. The molecule has 6 heteroatoms. The van der Waals surface area contributed by atoms with Crippen LogP contribution in [0.5, 0.6) is 0 Å². The average Bonchev–Trinajstić information content (AvgIpc) is 2.33. The summed E-state index contributed by atoms with van der Waals surface area (Å²) in [6, 6.07) is 8.73. The largest absolute Gasteiger partial charge is 0.294 e. The van der Waals surface area contributed by atoms with Crippen LogP contribution < -0.4 is 0 Å². The Bertz CT molecular complexity index is 530.